The van der Waals surface area contributed by atoms with Crippen LogP contribution >= 0.6 is 0 Å². The molecule has 0 spiro atoms. The molecule has 0 aliphatic rings. The number of rotatable bonds is 3. The van der Waals surface area contributed by atoms with E-state index in [9.17, 15) is 4.39 Å². The average molecular weight is 256 g/mol. The van der Waals surface area contributed by atoms with Gasteiger partial charge in [0.25, 0.3) is 0 Å². The standard InChI is InChI=1S/C14H13FN4/c1-9-2-3-10(7-16-9)8-17-14-18-12-5-4-11(15)6-13(12)19-14/h2-7H,8H2,1H3,(H2,17,18,19). The summed E-state index contributed by atoms with van der Waals surface area (Å²) in [4.78, 5) is 11.6. The Morgan fingerprint density at radius 2 is 2.16 bits per heavy atom. The number of aromatic amines is 1. The van der Waals surface area contributed by atoms with Crippen molar-refractivity contribution in [3.05, 3.63) is 53.6 Å². The molecule has 1 aromatic carbocycles. The molecule has 0 aliphatic heterocycles. The molecule has 2 heterocycles. The van der Waals surface area contributed by atoms with E-state index in [1.54, 1.807) is 6.07 Å². The van der Waals surface area contributed by atoms with E-state index in [4.69, 9.17) is 0 Å². The third-order valence-electron chi connectivity index (χ3n) is 2.88. The van der Waals surface area contributed by atoms with Crippen molar-refractivity contribution in [1.29, 1.82) is 0 Å². The van der Waals surface area contributed by atoms with E-state index in [-0.39, 0.29) is 5.82 Å². The van der Waals surface area contributed by atoms with E-state index in [1.165, 1.54) is 12.1 Å². The number of hydrogen-bond donors (Lipinski definition) is 2. The lowest BCUT2D eigenvalue weighted by Crippen LogP contribution is -2.01. The summed E-state index contributed by atoms with van der Waals surface area (Å²) in [6, 6.07) is 8.46. The number of aromatic nitrogens is 3. The molecule has 2 N–H and O–H groups in total. The summed E-state index contributed by atoms with van der Waals surface area (Å²) in [5.41, 5.74) is 3.48. The highest BCUT2D eigenvalue weighted by atomic mass is 19.1. The predicted octanol–water partition coefficient (Wildman–Crippen LogP) is 3.02. The number of nitrogens with one attached hydrogen (secondary N) is 2. The second-order valence-electron chi connectivity index (χ2n) is 4.41. The highest BCUT2D eigenvalue weighted by Crippen LogP contribution is 2.15. The fourth-order valence-corrected chi connectivity index (χ4v) is 1.85. The molecular formula is C14H13FN4. The van der Waals surface area contributed by atoms with Crippen LogP contribution in [0.2, 0.25) is 0 Å². The van der Waals surface area contributed by atoms with Gasteiger partial charge < -0.3 is 10.3 Å². The van der Waals surface area contributed by atoms with Gasteiger partial charge in [0, 0.05) is 18.4 Å². The molecule has 3 aromatic rings. The molecule has 3 rings (SSSR count). The summed E-state index contributed by atoms with van der Waals surface area (Å²) in [7, 11) is 0. The van der Waals surface area contributed by atoms with E-state index in [0.717, 1.165) is 16.8 Å². The molecule has 0 atom stereocenters. The minimum absolute atomic E-state index is 0.273. The van der Waals surface area contributed by atoms with Crippen LogP contribution in [0.25, 0.3) is 11.0 Å². The van der Waals surface area contributed by atoms with Crippen molar-refractivity contribution in [2.75, 3.05) is 5.32 Å². The lowest BCUT2D eigenvalue weighted by Gasteiger charge is -2.02. The number of aryl methyl sites for hydroxylation is 1. The van der Waals surface area contributed by atoms with Crippen molar-refractivity contribution < 1.29 is 4.39 Å². The van der Waals surface area contributed by atoms with Gasteiger partial charge in [-0.1, -0.05) is 6.07 Å². The van der Waals surface area contributed by atoms with E-state index in [2.05, 4.69) is 20.3 Å². The summed E-state index contributed by atoms with van der Waals surface area (Å²) >= 11 is 0. The van der Waals surface area contributed by atoms with Gasteiger partial charge in [-0.25, -0.2) is 9.37 Å². The number of imidazole rings is 1. The average Bonchev–Trinajstić information content (AvgIpc) is 2.80. The monoisotopic (exact) mass is 256 g/mol. The van der Waals surface area contributed by atoms with Gasteiger partial charge in [-0.05, 0) is 36.8 Å². The first-order valence-electron chi connectivity index (χ1n) is 6.01. The van der Waals surface area contributed by atoms with E-state index in [1.807, 2.05) is 25.3 Å². The van der Waals surface area contributed by atoms with Gasteiger partial charge in [0.2, 0.25) is 5.95 Å². The molecule has 0 aliphatic carbocycles. The summed E-state index contributed by atoms with van der Waals surface area (Å²) in [6.07, 6.45) is 1.82. The highest BCUT2D eigenvalue weighted by molar-refractivity contribution is 5.77. The van der Waals surface area contributed by atoms with Crippen LogP contribution in [0.4, 0.5) is 10.3 Å². The summed E-state index contributed by atoms with van der Waals surface area (Å²) in [6.45, 7) is 2.57. The van der Waals surface area contributed by atoms with Crippen molar-refractivity contribution >= 4 is 17.0 Å². The number of hydrogen-bond acceptors (Lipinski definition) is 3. The van der Waals surface area contributed by atoms with Crippen LogP contribution < -0.4 is 5.32 Å². The largest absolute Gasteiger partial charge is 0.352 e. The molecule has 96 valence electrons. The highest BCUT2D eigenvalue weighted by Gasteiger charge is 2.03. The first kappa shape index (κ1) is 11.6. The van der Waals surface area contributed by atoms with Gasteiger partial charge in [0.1, 0.15) is 5.82 Å². The smallest absolute Gasteiger partial charge is 0.201 e. The van der Waals surface area contributed by atoms with E-state index in [0.29, 0.717) is 18.0 Å². The Morgan fingerprint density at radius 1 is 1.26 bits per heavy atom. The van der Waals surface area contributed by atoms with Crippen LogP contribution in [0.15, 0.2) is 36.5 Å². The zero-order valence-electron chi connectivity index (χ0n) is 10.4. The number of halogens is 1. The van der Waals surface area contributed by atoms with Crippen LogP contribution in [0.3, 0.4) is 0 Å². The molecule has 0 unspecified atom stereocenters. The van der Waals surface area contributed by atoms with Crippen molar-refractivity contribution in [3.63, 3.8) is 0 Å². The topological polar surface area (TPSA) is 53.6 Å². The van der Waals surface area contributed by atoms with Crippen molar-refractivity contribution in [3.8, 4) is 0 Å². The zero-order chi connectivity index (χ0) is 13.2. The Morgan fingerprint density at radius 3 is 2.95 bits per heavy atom. The van der Waals surface area contributed by atoms with Crippen molar-refractivity contribution in [1.82, 2.24) is 15.0 Å². The first-order chi connectivity index (χ1) is 9.20. The molecule has 4 nitrogen and oxygen atoms in total. The molecule has 0 radical (unpaired) electrons. The molecule has 0 fully saturated rings. The Balaban J connectivity index is 1.76. The molecule has 5 heteroatoms. The van der Waals surface area contributed by atoms with Crippen LogP contribution in [-0.4, -0.2) is 15.0 Å². The van der Waals surface area contributed by atoms with Crippen LogP contribution in [-0.2, 0) is 6.54 Å². The van der Waals surface area contributed by atoms with Gasteiger partial charge in [0.15, 0.2) is 0 Å². The third-order valence-corrected chi connectivity index (χ3v) is 2.88. The molecule has 2 aromatic heterocycles. The fourth-order valence-electron chi connectivity index (χ4n) is 1.85. The van der Waals surface area contributed by atoms with Gasteiger partial charge in [0.05, 0.1) is 11.0 Å². The molecule has 0 saturated carbocycles. The molecular weight excluding hydrogens is 243 g/mol. The minimum Gasteiger partial charge on any atom is -0.352 e. The van der Waals surface area contributed by atoms with Gasteiger partial charge >= 0.3 is 0 Å². The first-order valence-corrected chi connectivity index (χ1v) is 6.01. The maximum Gasteiger partial charge on any atom is 0.201 e. The quantitative estimate of drug-likeness (QED) is 0.757. The van der Waals surface area contributed by atoms with Crippen molar-refractivity contribution in [2.24, 2.45) is 0 Å². The Labute approximate surface area is 109 Å². The normalized spacial score (nSPS) is 10.8. The molecule has 19 heavy (non-hydrogen) atoms. The van der Waals surface area contributed by atoms with Gasteiger partial charge in [-0.3, -0.25) is 4.98 Å². The number of anilines is 1. The maximum absolute atomic E-state index is 13.1. The van der Waals surface area contributed by atoms with Crippen molar-refractivity contribution in [2.45, 2.75) is 13.5 Å². The van der Waals surface area contributed by atoms with Gasteiger partial charge in [-0.15, -0.1) is 0 Å². The second-order valence-corrected chi connectivity index (χ2v) is 4.41. The SMILES string of the molecule is Cc1ccc(CNc2nc3ccc(F)cc3[nH]2)cn1. The third kappa shape index (κ3) is 2.54. The molecule has 0 bridgehead atoms. The summed E-state index contributed by atoms with van der Waals surface area (Å²) in [5.74, 6) is 0.353. The zero-order valence-corrected chi connectivity index (χ0v) is 10.4. The molecule has 0 amide bonds. The second kappa shape index (κ2) is 4.68. The Bertz CT molecular complexity index is 703. The van der Waals surface area contributed by atoms with Gasteiger partial charge in [-0.2, -0.15) is 0 Å². The lowest BCUT2D eigenvalue weighted by atomic mass is 10.2. The van der Waals surface area contributed by atoms with Crippen LogP contribution in [0.5, 0.6) is 0 Å². The number of fused-ring (bicyclic) bond motifs is 1. The summed E-state index contributed by atoms with van der Waals surface area (Å²) < 4.78 is 13.1. The minimum atomic E-state index is -0.273. The number of H-pyrrole nitrogens is 1. The van der Waals surface area contributed by atoms with E-state index >= 15 is 0 Å². The lowest BCUT2D eigenvalue weighted by molar-refractivity contribution is 0.629. The van der Waals surface area contributed by atoms with Crippen LogP contribution in [0, 0.1) is 12.7 Å². The van der Waals surface area contributed by atoms with Crippen LogP contribution in [0.1, 0.15) is 11.3 Å². The summed E-state index contributed by atoms with van der Waals surface area (Å²) in [5, 5.41) is 3.16. The predicted molar refractivity (Wildman–Crippen MR) is 72.4 cm³/mol. The maximum atomic E-state index is 13.1. The van der Waals surface area contributed by atoms with E-state index < -0.39 is 0 Å². The fraction of sp³-hybridized carbons (Fsp3) is 0.143. The number of nitrogens with zero attached hydrogens (tertiary/aromatic N) is 2. The number of pyridine rings is 1. The number of benzene rings is 1. The Hall–Kier alpha value is -2.43. The Kier molecular flexibility index (Phi) is 2.87. The molecule has 0 saturated heterocycles.